The lowest BCUT2D eigenvalue weighted by molar-refractivity contribution is -0.139. The second-order valence-electron chi connectivity index (χ2n) is 7.41. The molecule has 1 aliphatic rings. The minimum atomic E-state index is -4.46. The molecule has 2 aromatic heterocycles. The molecule has 3 heterocycles. The zero-order chi connectivity index (χ0) is 22.7. The second kappa shape index (κ2) is 8.86. The van der Waals surface area contributed by atoms with Gasteiger partial charge in [-0.1, -0.05) is 18.2 Å². The first-order valence-electron chi connectivity index (χ1n) is 10.1. The normalized spacial score (nSPS) is 14.9. The summed E-state index contributed by atoms with van der Waals surface area (Å²) in [5, 5.41) is 9.31. The van der Waals surface area contributed by atoms with Gasteiger partial charge < -0.3 is 14.7 Å². The standard InChI is InChI=1S/C23H20F3N3O3/c24-23(25,26)18-5-1-2-6-19(18)32-16-9-12-29(13-10-16)20-8-7-15(14-28-20)17-4-3-11-27-21(17)22(30)31/h1-8,11,14,16H,9-10,12-13H2,(H,30,31). The van der Waals surface area contributed by atoms with Crippen LogP contribution in [0.3, 0.4) is 0 Å². The lowest BCUT2D eigenvalue weighted by Gasteiger charge is -2.33. The minimum absolute atomic E-state index is 0.0425. The molecule has 0 saturated carbocycles. The Bertz CT molecular complexity index is 1100. The van der Waals surface area contributed by atoms with Gasteiger partial charge in [0.2, 0.25) is 0 Å². The number of nitrogens with zero attached hydrogens (tertiary/aromatic N) is 3. The Kier molecular flexibility index (Phi) is 5.98. The van der Waals surface area contributed by atoms with Crippen molar-refractivity contribution in [2.45, 2.75) is 25.1 Å². The third-order valence-corrected chi connectivity index (χ3v) is 5.32. The third kappa shape index (κ3) is 4.66. The lowest BCUT2D eigenvalue weighted by Crippen LogP contribution is -2.38. The van der Waals surface area contributed by atoms with E-state index in [0.717, 1.165) is 6.07 Å². The number of anilines is 1. The summed E-state index contributed by atoms with van der Waals surface area (Å²) >= 11 is 0. The number of ether oxygens (including phenoxy) is 1. The highest BCUT2D eigenvalue weighted by atomic mass is 19.4. The Morgan fingerprint density at radius 3 is 2.44 bits per heavy atom. The predicted molar refractivity (Wildman–Crippen MR) is 112 cm³/mol. The topological polar surface area (TPSA) is 75.5 Å². The quantitative estimate of drug-likeness (QED) is 0.604. The van der Waals surface area contributed by atoms with Crippen LogP contribution in [0.2, 0.25) is 0 Å². The van der Waals surface area contributed by atoms with Gasteiger partial charge in [0.1, 0.15) is 17.7 Å². The number of piperidine rings is 1. The minimum Gasteiger partial charge on any atom is -0.490 e. The number of benzene rings is 1. The van der Waals surface area contributed by atoms with Gasteiger partial charge in [-0.25, -0.2) is 14.8 Å². The number of carbonyl (C=O) groups is 1. The molecule has 4 rings (SSSR count). The lowest BCUT2D eigenvalue weighted by atomic mass is 10.1. The van der Waals surface area contributed by atoms with Crippen LogP contribution in [-0.2, 0) is 6.18 Å². The van der Waals surface area contributed by atoms with Crippen LogP contribution in [0.1, 0.15) is 28.9 Å². The summed E-state index contributed by atoms with van der Waals surface area (Å²) in [4.78, 5) is 21.8. The van der Waals surface area contributed by atoms with E-state index >= 15 is 0 Å². The Hall–Kier alpha value is -3.62. The molecule has 0 aliphatic carbocycles. The molecule has 0 spiro atoms. The fourth-order valence-electron chi connectivity index (χ4n) is 3.73. The predicted octanol–water partition coefficient (Wildman–Crippen LogP) is 4.91. The summed E-state index contributed by atoms with van der Waals surface area (Å²) in [6.07, 6.45) is -0.641. The molecule has 1 aromatic carbocycles. The van der Waals surface area contributed by atoms with Crippen molar-refractivity contribution in [3.63, 3.8) is 0 Å². The number of hydrogen-bond acceptors (Lipinski definition) is 5. The summed E-state index contributed by atoms with van der Waals surface area (Å²) < 4.78 is 45.2. The number of hydrogen-bond donors (Lipinski definition) is 1. The zero-order valence-corrected chi connectivity index (χ0v) is 16.9. The maximum atomic E-state index is 13.2. The van der Waals surface area contributed by atoms with Crippen LogP contribution in [0.25, 0.3) is 11.1 Å². The summed E-state index contributed by atoms with van der Waals surface area (Å²) in [5.74, 6) is -0.547. The fraction of sp³-hybridized carbons (Fsp3) is 0.261. The number of rotatable bonds is 5. The van der Waals surface area contributed by atoms with Crippen molar-refractivity contribution in [3.8, 4) is 16.9 Å². The van der Waals surface area contributed by atoms with Gasteiger partial charge >= 0.3 is 12.1 Å². The number of aromatic carboxylic acids is 1. The zero-order valence-electron chi connectivity index (χ0n) is 16.9. The second-order valence-corrected chi connectivity index (χ2v) is 7.41. The van der Waals surface area contributed by atoms with Crippen LogP contribution in [0.5, 0.6) is 5.75 Å². The van der Waals surface area contributed by atoms with Crippen molar-refractivity contribution in [2.24, 2.45) is 0 Å². The van der Waals surface area contributed by atoms with Crippen molar-refractivity contribution in [1.29, 1.82) is 0 Å². The van der Waals surface area contributed by atoms with Gasteiger partial charge in [-0.2, -0.15) is 13.2 Å². The average Bonchev–Trinajstić information content (AvgIpc) is 2.79. The van der Waals surface area contributed by atoms with Gasteiger partial charge in [-0.05, 0) is 30.3 Å². The first-order valence-corrected chi connectivity index (χ1v) is 10.1. The smallest absolute Gasteiger partial charge is 0.419 e. The van der Waals surface area contributed by atoms with Crippen molar-refractivity contribution < 1.29 is 27.8 Å². The first-order chi connectivity index (χ1) is 15.3. The molecule has 3 aromatic rings. The Morgan fingerprint density at radius 1 is 1.03 bits per heavy atom. The Labute approximate surface area is 182 Å². The number of aromatic nitrogens is 2. The molecule has 0 unspecified atom stereocenters. The molecule has 1 N–H and O–H groups in total. The van der Waals surface area contributed by atoms with Gasteiger partial charge in [0.25, 0.3) is 0 Å². The van der Waals surface area contributed by atoms with Crippen molar-refractivity contribution in [2.75, 3.05) is 18.0 Å². The molecular weight excluding hydrogens is 423 g/mol. The number of carboxylic acid groups (broad SMARTS) is 1. The van der Waals surface area contributed by atoms with E-state index in [1.165, 1.54) is 24.4 Å². The highest BCUT2D eigenvalue weighted by Gasteiger charge is 2.35. The van der Waals surface area contributed by atoms with Crippen LogP contribution in [0, 0.1) is 0 Å². The highest BCUT2D eigenvalue weighted by Crippen LogP contribution is 2.37. The number of para-hydroxylation sites is 1. The van der Waals surface area contributed by atoms with Gasteiger partial charge in [0.05, 0.1) is 5.56 Å². The van der Waals surface area contributed by atoms with E-state index in [4.69, 9.17) is 4.74 Å². The van der Waals surface area contributed by atoms with Crippen molar-refractivity contribution in [1.82, 2.24) is 9.97 Å². The summed E-state index contributed by atoms with van der Waals surface area (Å²) in [5.41, 5.74) is 0.311. The monoisotopic (exact) mass is 443 g/mol. The highest BCUT2D eigenvalue weighted by molar-refractivity contribution is 5.93. The number of carboxylic acids is 1. The van der Waals surface area contributed by atoms with E-state index in [1.807, 2.05) is 4.90 Å². The molecule has 1 saturated heterocycles. The molecule has 32 heavy (non-hydrogen) atoms. The molecule has 1 fully saturated rings. The molecule has 9 heteroatoms. The van der Waals surface area contributed by atoms with E-state index in [9.17, 15) is 23.1 Å². The molecule has 166 valence electrons. The van der Waals surface area contributed by atoms with E-state index in [-0.39, 0.29) is 17.5 Å². The molecule has 1 aliphatic heterocycles. The first kappa shape index (κ1) is 21.6. The molecule has 0 bridgehead atoms. The summed E-state index contributed by atoms with van der Waals surface area (Å²) in [6.45, 7) is 1.16. The van der Waals surface area contributed by atoms with Gasteiger partial charge in [0.15, 0.2) is 5.69 Å². The van der Waals surface area contributed by atoms with E-state index in [1.54, 1.807) is 30.5 Å². The van der Waals surface area contributed by atoms with Gasteiger partial charge in [-0.3, -0.25) is 0 Å². The van der Waals surface area contributed by atoms with Crippen LogP contribution in [-0.4, -0.2) is 40.2 Å². The largest absolute Gasteiger partial charge is 0.490 e. The maximum Gasteiger partial charge on any atom is 0.419 e. The fourth-order valence-corrected chi connectivity index (χ4v) is 3.73. The van der Waals surface area contributed by atoms with Crippen LogP contribution in [0.15, 0.2) is 60.9 Å². The Balaban J connectivity index is 1.41. The third-order valence-electron chi connectivity index (χ3n) is 5.32. The SMILES string of the molecule is O=C(O)c1ncccc1-c1ccc(N2CCC(Oc3ccccc3C(F)(F)F)CC2)nc1. The number of halogens is 3. The molecule has 0 amide bonds. The molecule has 0 atom stereocenters. The van der Waals surface area contributed by atoms with Crippen LogP contribution < -0.4 is 9.64 Å². The van der Waals surface area contributed by atoms with Crippen molar-refractivity contribution in [3.05, 3.63) is 72.2 Å². The molecular formula is C23H20F3N3O3. The molecule has 0 radical (unpaired) electrons. The van der Waals surface area contributed by atoms with Crippen molar-refractivity contribution >= 4 is 11.8 Å². The number of pyridine rings is 2. The van der Waals surface area contributed by atoms with E-state index in [0.29, 0.717) is 42.9 Å². The summed E-state index contributed by atoms with van der Waals surface area (Å²) in [7, 11) is 0. The average molecular weight is 443 g/mol. The van der Waals surface area contributed by atoms with Crippen LogP contribution in [0.4, 0.5) is 19.0 Å². The van der Waals surface area contributed by atoms with Gasteiger partial charge in [0, 0.05) is 49.5 Å². The Morgan fingerprint density at radius 2 is 1.78 bits per heavy atom. The summed E-state index contributed by atoms with van der Waals surface area (Å²) in [6, 6.07) is 12.2. The van der Waals surface area contributed by atoms with Gasteiger partial charge in [-0.15, -0.1) is 0 Å². The molecule has 6 nitrogen and oxygen atoms in total. The van der Waals surface area contributed by atoms with Crippen LogP contribution >= 0.6 is 0 Å². The van der Waals surface area contributed by atoms with E-state index in [2.05, 4.69) is 9.97 Å². The maximum absolute atomic E-state index is 13.2. The number of alkyl halides is 3. The van der Waals surface area contributed by atoms with E-state index < -0.39 is 17.7 Å².